The Hall–Kier alpha value is -4.22. The molecule has 4 aromatic rings. The van der Waals surface area contributed by atoms with Gasteiger partial charge in [0.2, 0.25) is 0 Å². The zero-order valence-corrected chi connectivity index (χ0v) is 23.4. The van der Waals surface area contributed by atoms with Crippen LogP contribution in [-0.4, -0.2) is 23.3 Å². The van der Waals surface area contributed by atoms with Gasteiger partial charge in [0, 0.05) is 5.02 Å². The number of allylic oxidation sites excluding steroid dienone is 1. The van der Waals surface area contributed by atoms with Crippen molar-refractivity contribution in [3.8, 4) is 5.75 Å². The average Bonchev–Trinajstić information content (AvgIpc) is 3.27. The first-order chi connectivity index (χ1) is 20.0. The number of thiazole rings is 1. The van der Waals surface area contributed by atoms with Gasteiger partial charge >= 0.3 is 12.1 Å². The number of ether oxygens (including phenoxy) is 2. The van der Waals surface area contributed by atoms with Crippen LogP contribution >= 0.6 is 22.9 Å². The molecule has 0 fully saturated rings. The van der Waals surface area contributed by atoms with Crippen LogP contribution in [-0.2, 0) is 16.1 Å². The number of alkyl halides is 3. The average molecular weight is 617 g/mol. The molecule has 6 nitrogen and oxygen atoms in total. The molecular weight excluding hydrogens is 596 g/mol. The minimum absolute atomic E-state index is 0.110. The number of aromatic nitrogens is 1. The van der Waals surface area contributed by atoms with Crippen LogP contribution < -0.4 is 19.6 Å². The van der Waals surface area contributed by atoms with Gasteiger partial charge in [-0.15, -0.1) is 0 Å². The lowest BCUT2D eigenvalue weighted by Gasteiger charge is -2.26. The Labute approximate surface area is 245 Å². The summed E-state index contributed by atoms with van der Waals surface area (Å²) in [6.45, 7) is 1.51. The van der Waals surface area contributed by atoms with Crippen molar-refractivity contribution < 1.29 is 31.8 Å². The van der Waals surface area contributed by atoms with E-state index in [0.717, 1.165) is 21.5 Å². The molecule has 1 aliphatic rings. The first kappa shape index (κ1) is 29.3. The Morgan fingerprint density at radius 2 is 1.71 bits per heavy atom. The van der Waals surface area contributed by atoms with E-state index in [9.17, 15) is 27.2 Å². The molecule has 0 unspecified atom stereocenters. The Balaban J connectivity index is 1.56. The number of benzene rings is 3. The molecule has 1 aromatic heterocycles. The van der Waals surface area contributed by atoms with Gasteiger partial charge in [0.15, 0.2) is 10.5 Å². The summed E-state index contributed by atoms with van der Waals surface area (Å²) < 4.78 is 67.6. The number of carbonyl (C=O) groups excluding carboxylic acids is 1. The number of nitrogens with zero attached hydrogens (tertiary/aromatic N) is 2. The highest BCUT2D eigenvalue weighted by molar-refractivity contribution is 7.07. The molecule has 42 heavy (non-hydrogen) atoms. The number of carbonyl (C=O) groups is 1. The molecule has 5 rings (SSSR count). The zero-order chi connectivity index (χ0) is 30.0. The fraction of sp³-hybridized carbons (Fsp3) is 0.167. The van der Waals surface area contributed by atoms with Crippen LogP contribution in [0.5, 0.6) is 5.75 Å². The third-order valence-electron chi connectivity index (χ3n) is 6.28. The van der Waals surface area contributed by atoms with Gasteiger partial charge in [-0.1, -0.05) is 59.3 Å². The van der Waals surface area contributed by atoms with E-state index in [0.29, 0.717) is 16.3 Å². The first-order valence-electron chi connectivity index (χ1n) is 12.6. The fourth-order valence-electron chi connectivity index (χ4n) is 4.36. The molecule has 2 heterocycles. The van der Waals surface area contributed by atoms with Crippen molar-refractivity contribution in [1.29, 1.82) is 0 Å². The van der Waals surface area contributed by atoms with Crippen molar-refractivity contribution in [1.82, 2.24) is 4.57 Å². The van der Waals surface area contributed by atoms with E-state index >= 15 is 0 Å². The largest absolute Gasteiger partial charge is 0.489 e. The van der Waals surface area contributed by atoms with Crippen molar-refractivity contribution in [2.75, 3.05) is 6.61 Å². The maximum absolute atomic E-state index is 14.2. The molecule has 1 aliphatic heterocycles. The highest BCUT2D eigenvalue weighted by atomic mass is 35.5. The second-order valence-electron chi connectivity index (χ2n) is 9.10. The van der Waals surface area contributed by atoms with Gasteiger partial charge in [-0.2, -0.15) is 13.2 Å². The van der Waals surface area contributed by atoms with Crippen molar-refractivity contribution >= 4 is 35.0 Å². The number of esters is 1. The molecular formula is C30H21ClF4N2O4S. The molecule has 3 aromatic carbocycles. The van der Waals surface area contributed by atoms with Crippen LogP contribution in [0.2, 0.25) is 5.02 Å². The second-order valence-corrected chi connectivity index (χ2v) is 10.5. The molecule has 0 bridgehead atoms. The third-order valence-corrected chi connectivity index (χ3v) is 7.51. The zero-order valence-electron chi connectivity index (χ0n) is 21.8. The third kappa shape index (κ3) is 6.17. The summed E-state index contributed by atoms with van der Waals surface area (Å²) in [6.07, 6.45) is -3.47. The van der Waals surface area contributed by atoms with Crippen LogP contribution in [0.4, 0.5) is 17.6 Å². The molecule has 216 valence electrons. The predicted octanol–water partition coefficient (Wildman–Crippen LogP) is 5.71. The molecule has 1 atom stereocenters. The highest BCUT2D eigenvalue weighted by Gasteiger charge is 2.45. The normalized spacial score (nSPS) is 15.3. The molecule has 0 saturated carbocycles. The summed E-state index contributed by atoms with van der Waals surface area (Å²) in [5.41, 5.74) is -1.24. The van der Waals surface area contributed by atoms with Gasteiger partial charge in [-0.25, -0.2) is 14.2 Å². The highest BCUT2D eigenvalue weighted by Crippen LogP contribution is 2.38. The summed E-state index contributed by atoms with van der Waals surface area (Å²) in [4.78, 5) is 30.1. The van der Waals surface area contributed by atoms with Crippen LogP contribution in [0.1, 0.15) is 29.7 Å². The minimum atomic E-state index is -4.99. The topological polar surface area (TPSA) is 69.9 Å². The maximum atomic E-state index is 14.2. The first-order valence-corrected chi connectivity index (χ1v) is 13.8. The van der Waals surface area contributed by atoms with Crippen molar-refractivity contribution in [3.05, 3.63) is 131 Å². The molecule has 0 saturated heterocycles. The van der Waals surface area contributed by atoms with Gasteiger partial charge < -0.3 is 9.47 Å². The Bertz CT molecular complexity index is 1830. The van der Waals surface area contributed by atoms with Gasteiger partial charge in [-0.05, 0) is 66.1 Å². The quantitative estimate of drug-likeness (QED) is 0.197. The Morgan fingerprint density at radius 1 is 1.05 bits per heavy atom. The number of halogens is 5. The van der Waals surface area contributed by atoms with E-state index in [1.807, 2.05) is 0 Å². The minimum Gasteiger partial charge on any atom is -0.489 e. The summed E-state index contributed by atoms with van der Waals surface area (Å²) in [6, 6.07) is 17.0. The summed E-state index contributed by atoms with van der Waals surface area (Å²) in [5, 5.41) is 0.328. The Morgan fingerprint density at radius 3 is 2.33 bits per heavy atom. The molecule has 0 amide bonds. The number of rotatable bonds is 7. The van der Waals surface area contributed by atoms with E-state index < -0.39 is 35.0 Å². The lowest BCUT2D eigenvalue weighted by atomic mass is 9.95. The lowest BCUT2D eigenvalue weighted by molar-refractivity contribution is -0.140. The lowest BCUT2D eigenvalue weighted by Crippen LogP contribution is -2.41. The van der Waals surface area contributed by atoms with Gasteiger partial charge in [0.25, 0.3) is 5.56 Å². The van der Waals surface area contributed by atoms with Crippen molar-refractivity contribution in [2.24, 2.45) is 4.99 Å². The molecule has 12 heteroatoms. The van der Waals surface area contributed by atoms with Crippen LogP contribution in [0.25, 0.3) is 6.08 Å². The molecule has 0 spiro atoms. The number of fused-ring (bicyclic) bond motifs is 1. The van der Waals surface area contributed by atoms with E-state index in [2.05, 4.69) is 4.99 Å². The van der Waals surface area contributed by atoms with Crippen molar-refractivity contribution in [3.63, 3.8) is 0 Å². The summed E-state index contributed by atoms with van der Waals surface area (Å²) in [5.74, 6) is -1.05. The van der Waals surface area contributed by atoms with Crippen LogP contribution in [0.15, 0.2) is 93.9 Å². The smallest absolute Gasteiger partial charge is 0.434 e. The second kappa shape index (κ2) is 11.9. The van der Waals surface area contributed by atoms with Gasteiger partial charge in [0.05, 0.1) is 22.8 Å². The molecule has 0 N–H and O–H groups in total. The maximum Gasteiger partial charge on any atom is 0.434 e. The molecule has 0 radical (unpaired) electrons. The van der Waals surface area contributed by atoms with E-state index in [4.69, 9.17) is 21.1 Å². The van der Waals surface area contributed by atoms with Gasteiger partial charge in [0.1, 0.15) is 18.2 Å². The fourth-order valence-corrected chi connectivity index (χ4v) is 5.49. The van der Waals surface area contributed by atoms with E-state index in [1.165, 1.54) is 49.4 Å². The van der Waals surface area contributed by atoms with Crippen LogP contribution in [0, 0.1) is 5.82 Å². The predicted molar refractivity (Wildman–Crippen MR) is 149 cm³/mol. The SMILES string of the molecule is CCOC(=O)C1=C(C(F)(F)F)N=c2s/c(=C\c3ccc(OCc4ccc(F)cc4)cc3)c(=O)n2[C@@H]1c1ccc(Cl)cc1. The van der Waals surface area contributed by atoms with Crippen molar-refractivity contribution in [2.45, 2.75) is 25.7 Å². The summed E-state index contributed by atoms with van der Waals surface area (Å²) in [7, 11) is 0. The molecule has 0 aliphatic carbocycles. The number of hydrogen-bond acceptors (Lipinski definition) is 6. The monoisotopic (exact) mass is 616 g/mol. The van der Waals surface area contributed by atoms with Gasteiger partial charge in [-0.3, -0.25) is 9.36 Å². The van der Waals surface area contributed by atoms with E-state index in [-0.39, 0.29) is 33.9 Å². The van der Waals surface area contributed by atoms with Crippen LogP contribution in [0.3, 0.4) is 0 Å². The summed E-state index contributed by atoms with van der Waals surface area (Å²) >= 11 is 6.77. The van der Waals surface area contributed by atoms with E-state index in [1.54, 1.807) is 36.4 Å². The Kier molecular flexibility index (Phi) is 8.33. The standard InChI is InChI=1S/C30H21ClF4N2O4S/c1-2-40-28(39)24-25(19-7-9-20(31)10-8-19)37-27(38)23(42-29(37)36-26(24)30(33,34)35)15-17-5-13-22(14-6-17)41-16-18-3-11-21(32)12-4-18/h3-15,25H,2,16H2,1H3/b23-15-/t25-/m1/s1. The number of hydrogen-bond donors (Lipinski definition) is 0.